The Morgan fingerprint density at radius 3 is 2.11 bits per heavy atom. The third-order valence-electron chi connectivity index (χ3n) is 6.39. The predicted octanol–water partition coefficient (Wildman–Crippen LogP) is -2.15. The van der Waals surface area contributed by atoms with Gasteiger partial charge >= 0.3 is 11.4 Å². The molecular formula is C22H29N5O9S. The zero-order valence-electron chi connectivity index (χ0n) is 20.2. The van der Waals surface area contributed by atoms with Gasteiger partial charge in [0.25, 0.3) is 11.1 Å². The van der Waals surface area contributed by atoms with Crippen molar-refractivity contribution in [1.29, 1.82) is 0 Å². The van der Waals surface area contributed by atoms with Crippen molar-refractivity contribution >= 4 is 17.7 Å². The van der Waals surface area contributed by atoms with Crippen LogP contribution in [0.2, 0.25) is 0 Å². The Hall–Kier alpha value is -2.98. The molecule has 2 aliphatic rings. The molecule has 2 aliphatic heterocycles. The number of carbonyl (C=O) groups excluding carboxylic acids is 1. The number of nitrogens with zero attached hydrogens (tertiary/aromatic N) is 2. The lowest BCUT2D eigenvalue weighted by Gasteiger charge is -2.18. The smallest absolute Gasteiger partial charge is 0.330 e. The molecule has 0 saturated carbocycles. The summed E-state index contributed by atoms with van der Waals surface area (Å²) in [5.74, 6) is -0.0211. The molecule has 6 atom stereocenters. The van der Waals surface area contributed by atoms with Crippen LogP contribution in [0.5, 0.6) is 0 Å². The molecule has 0 aromatic carbocycles. The Bertz CT molecular complexity index is 1380. The number of amides is 1. The number of H-pyrrole nitrogens is 2. The number of thioether (sulfide) groups is 1. The van der Waals surface area contributed by atoms with Gasteiger partial charge < -0.3 is 25.0 Å². The SMILES string of the molecule is Cc1cn([C@H]2C[C@H](O)[C@@H](CSCC(=O)N[C@@H]3C[C@H](n4cc(C)c(=O)[nH]c4=O)O[C@@H]3CO)O2)c(=O)[nH]c1=O. The molecule has 0 bridgehead atoms. The monoisotopic (exact) mass is 539 g/mol. The molecule has 0 spiro atoms. The van der Waals surface area contributed by atoms with E-state index >= 15 is 0 Å². The summed E-state index contributed by atoms with van der Waals surface area (Å²) < 4.78 is 14.0. The highest BCUT2D eigenvalue weighted by Crippen LogP contribution is 2.30. The molecule has 2 saturated heterocycles. The van der Waals surface area contributed by atoms with Crippen molar-refractivity contribution in [2.45, 2.75) is 63.5 Å². The van der Waals surface area contributed by atoms with Gasteiger partial charge in [-0.2, -0.15) is 0 Å². The van der Waals surface area contributed by atoms with Gasteiger partial charge in [0.1, 0.15) is 18.6 Å². The molecule has 0 aliphatic carbocycles. The van der Waals surface area contributed by atoms with Crippen LogP contribution >= 0.6 is 11.8 Å². The van der Waals surface area contributed by atoms with Gasteiger partial charge in [-0.05, 0) is 13.8 Å². The minimum atomic E-state index is -0.860. The number of aliphatic hydroxyl groups is 2. The van der Waals surface area contributed by atoms with Crippen molar-refractivity contribution in [3.63, 3.8) is 0 Å². The van der Waals surface area contributed by atoms with Crippen LogP contribution in [-0.4, -0.2) is 77.7 Å². The van der Waals surface area contributed by atoms with Crippen LogP contribution < -0.4 is 27.8 Å². The van der Waals surface area contributed by atoms with E-state index in [1.54, 1.807) is 13.8 Å². The minimum Gasteiger partial charge on any atom is -0.394 e. The summed E-state index contributed by atoms with van der Waals surface area (Å²) in [6, 6.07) is -0.560. The number of aryl methyl sites for hydroxylation is 2. The molecule has 37 heavy (non-hydrogen) atoms. The van der Waals surface area contributed by atoms with Crippen molar-refractivity contribution < 1.29 is 24.5 Å². The first-order valence-electron chi connectivity index (χ1n) is 11.7. The number of ether oxygens (including phenoxy) is 2. The van der Waals surface area contributed by atoms with Crippen molar-refractivity contribution in [2.75, 3.05) is 18.1 Å². The lowest BCUT2D eigenvalue weighted by molar-refractivity contribution is -0.119. The second-order valence-electron chi connectivity index (χ2n) is 9.13. The number of rotatable bonds is 8. The van der Waals surface area contributed by atoms with E-state index in [2.05, 4.69) is 15.3 Å². The predicted molar refractivity (Wildman–Crippen MR) is 132 cm³/mol. The minimum absolute atomic E-state index is 0.0337. The van der Waals surface area contributed by atoms with E-state index in [0.29, 0.717) is 11.1 Å². The van der Waals surface area contributed by atoms with E-state index in [-0.39, 0.29) is 36.9 Å². The van der Waals surface area contributed by atoms with E-state index in [1.165, 1.54) is 33.3 Å². The summed E-state index contributed by atoms with van der Waals surface area (Å²) in [6.07, 6.45) is -0.590. The first-order chi connectivity index (χ1) is 17.6. The molecule has 2 aromatic rings. The second-order valence-corrected chi connectivity index (χ2v) is 10.2. The van der Waals surface area contributed by atoms with E-state index in [1.807, 2.05) is 0 Å². The van der Waals surface area contributed by atoms with E-state index in [9.17, 15) is 34.2 Å². The van der Waals surface area contributed by atoms with E-state index in [4.69, 9.17) is 9.47 Å². The van der Waals surface area contributed by atoms with Gasteiger partial charge in [-0.3, -0.25) is 33.5 Å². The quantitative estimate of drug-likeness (QED) is 0.246. The fraction of sp³-hybridized carbons (Fsp3) is 0.591. The second kappa shape index (κ2) is 11.2. The fourth-order valence-electron chi connectivity index (χ4n) is 4.37. The van der Waals surface area contributed by atoms with Gasteiger partial charge in [-0.25, -0.2) is 9.59 Å². The number of aromatic nitrogens is 4. The Labute approximate surface area is 213 Å². The Morgan fingerprint density at radius 1 is 1.00 bits per heavy atom. The van der Waals surface area contributed by atoms with Crippen LogP contribution in [0.1, 0.15) is 36.4 Å². The lowest BCUT2D eigenvalue weighted by atomic mass is 10.1. The van der Waals surface area contributed by atoms with Crippen molar-refractivity contribution in [1.82, 2.24) is 24.4 Å². The number of hydrogen-bond donors (Lipinski definition) is 5. The maximum absolute atomic E-state index is 12.6. The molecule has 202 valence electrons. The Kier molecular flexibility index (Phi) is 8.18. The van der Waals surface area contributed by atoms with Crippen molar-refractivity contribution in [3.8, 4) is 0 Å². The maximum Gasteiger partial charge on any atom is 0.330 e. The van der Waals surface area contributed by atoms with Crippen LogP contribution in [0.15, 0.2) is 31.6 Å². The summed E-state index contributed by atoms with van der Waals surface area (Å²) in [7, 11) is 0. The Morgan fingerprint density at radius 2 is 1.54 bits per heavy atom. The molecule has 2 aromatic heterocycles. The van der Waals surface area contributed by atoms with E-state index < -0.39 is 59.3 Å². The number of aliphatic hydroxyl groups excluding tert-OH is 2. The van der Waals surface area contributed by atoms with Crippen LogP contribution in [0.3, 0.4) is 0 Å². The molecule has 1 amide bonds. The molecule has 0 unspecified atom stereocenters. The summed E-state index contributed by atoms with van der Waals surface area (Å²) in [5.41, 5.74) is -1.59. The van der Waals surface area contributed by atoms with Crippen molar-refractivity contribution in [3.05, 3.63) is 65.2 Å². The number of aromatic amines is 2. The zero-order chi connectivity index (χ0) is 26.9. The molecule has 2 fully saturated rings. The average molecular weight is 540 g/mol. The van der Waals surface area contributed by atoms with Gasteiger partial charge in [-0.1, -0.05) is 0 Å². The molecule has 0 radical (unpaired) electrons. The van der Waals surface area contributed by atoms with Crippen LogP contribution in [0.25, 0.3) is 0 Å². The fourth-order valence-corrected chi connectivity index (χ4v) is 5.29. The molecule has 5 N–H and O–H groups in total. The number of nitrogens with one attached hydrogen (secondary N) is 3. The molecule has 15 heteroatoms. The zero-order valence-corrected chi connectivity index (χ0v) is 21.0. The lowest BCUT2D eigenvalue weighted by Crippen LogP contribution is -2.43. The standard InChI is InChI=1S/C22H29N5O9S/c1-10-5-26(21(33)24-19(10)31)17-3-12(14(7-28)35-17)23-16(30)9-37-8-15-13(29)4-18(36-15)27-6-11(2)20(32)25-22(27)34/h5-6,12-15,17-18,28-29H,3-4,7-9H2,1-2H3,(H,23,30)(H,24,31,33)(H,25,32,34)/t12-,13+,14-,15-,17-,18-/m1/s1. The highest BCUT2D eigenvalue weighted by molar-refractivity contribution is 7.99. The van der Waals surface area contributed by atoms with Crippen LogP contribution in [0.4, 0.5) is 0 Å². The summed E-state index contributed by atoms with van der Waals surface area (Å²) >= 11 is 1.22. The summed E-state index contributed by atoms with van der Waals surface area (Å²) in [5, 5.41) is 22.9. The summed E-state index contributed by atoms with van der Waals surface area (Å²) in [4.78, 5) is 64.4. The third-order valence-corrected chi connectivity index (χ3v) is 7.42. The molecule has 4 rings (SSSR count). The van der Waals surface area contributed by atoms with E-state index in [0.717, 1.165) is 0 Å². The first kappa shape index (κ1) is 27.1. The molecular weight excluding hydrogens is 510 g/mol. The van der Waals surface area contributed by atoms with Crippen LogP contribution in [-0.2, 0) is 14.3 Å². The average Bonchev–Trinajstić information content (AvgIpc) is 3.41. The largest absolute Gasteiger partial charge is 0.394 e. The highest BCUT2D eigenvalue weighted by Gasteiger charge is 2.38. The number of hydrogen-bond acceptors (Lipinski definition) is 10. The van der Waals surface area contributed by atoms with Gasteiger partial charge in [-0.15, -0.1) is 11.8 Å². The normalized spacial score (nSPS) is 27.5. The van der Waals surface area contributed by atoms with Gasteiger partial charge in [0.15, 0.2) is 0 Å². The number of carbonyl (C=O) groups is 1. The van der Waals surface area contributed by atoms with Gasteiger partial charge in [0.05, 0.1) is 30.6 Å². The highest BCUT2D eigenvalue weighted by atomic mass is 32.2. The third kappa shape index (κ3) is 5.96. The first-order valence-corrected chi connectivity index (χ1v) is 12.8. The molecule has 14 nitrogen and oxygen atoms in total. The Balaban J connectivity index is 1.29. The van der Waals surface area contributed by atoms with Crippen LogP contribution in [0, 0.1) is 13.8 Å². The van der Waals surface area contributed by atoms with Gasteiger partial charge in [0, 0.05) is 42.1 Å². The van der Waals surface area contributed by atoms with Crippen molar-refractivity contribution in [2.24, 2.45) is 0 Å². The summed E-state index contributed by atoms with van der Waals surface area (Å²) in [6.45, 7) is 2.74. The molecule has 4 heterocycles. The topological polar surface area (TPSA) is 198 Å². The van der Waals surface area contributed by atoms with Gasteiger partial charge in [0.2, 0.25) is 5.91 Å². The maximum atomic E-state index is 12.6.